The second kappa shape index (κ2) is 6.93. The summed E-state index contributed by atoms with van der Waals surface area (Å²) in [5, 5.41) is 5.91. The molecule has 2 rings (SSSR count). The lowest BCUT2D eigenvalue weighted by molar-refractivity contribution is -0.114. The summed E-state index contributed by atoms with van der Waals surface area (Å²) >= 11 is 0. The van der Waals surface area contributed by atoms with Crippen LogP contribution in [0.4, 0.5) is 5.69 Å². The molecule has 1 aliphatic rings. The summed E-state index contributed by atoms with van der Waals surface area (Å²) in [5.41, 5.74) is 7.64. The zero-order chi connectivity index (χ0) is 14.4. The third-order valence-corrected chi connectivity index (χ3v) is 3.48. The molecule has 0 unspecified atom stereocenters. The largest absolute Gasteiger partial charge is 0.370 e. The zero-order valence-electron chi connectivity index (χ0n) is 11.9. The van der Waals surface area contributed by atoms with Gasteiger partial charge in [0, 0.05) is 19.2 Å². The van der Waals surface area contributed by atoms with Crippen LogP contribution in [0.2, 0.25) is 0 Å². The molecule has 0 saturated heterocycles. The van der Waals surface area contributed by atoms with Crippen LogP contribution in [-0.2, 0) is 11.3 Å². The van der Waals surface area contributed by atoms with Crippen LogP contribution in [0.3, 0.4) is 0 Å². The summed E-state index contributed by atoms with van der Waals surface area (Å²) in [4.78, 5) is 15.3. The lowest BCUT2D eigenvalue weighted by atomic mass is 9.85. The average molecular weight is 274 g/mol. The molecule has 0 aromatic heterocycles. The van der Waals surface area contributed by atoms with E-state index in [0.717, 1.165) is 23.7 Å². The molecule has 108 valence electrons. The summed E-state index contributed by atoms with van der Waals surface area (Å²) in [6.45, 7) is 2.92. The summed E-state index contributed by atoms with van der Waals surface area (Å²) in [5.74, 6) is 1.17. The summed E-state index contributed by atoms with van der Waals surface area (Å²) < 4.78 is 0. The Bertz CT molecular complexity index is 494. The molecular weight excluding hydrogens is 252 g/mol. The highest BCUT2D eigenvalue weighted by molar-refractivity contribution is 5.88. The summed E-state index contributed by atoms with van der Waals surface area (Å²) in [6, 6.07) is 7.62. The van der Waals surface area contributed by atoms with Gasteiger partial charge < -0.3 is 16.4 Å². The van der Waals surface area contributed by atoms with Crippen LogP contribution >= 0.6 is 0 Å². The SMILES string of the molecule is CC(=O)Nc1cccc(CN=C(N)NCC2CCC2)c1. The van der Waals surface area contributed by atoms with Gasteiger partial charge in [-0.05, 0) is 36.5 Å². The highest BCUT2D eigenvalue weighted by Gasteiger charge is 2.16. The maximum atomic E-state index is 11.0. The molecule has 1 aromatic rings. The first-order valence-corrected chi connectivity index (χ1v) is 7.04. The van der Waals surface area contributed by atoms with Crippen LogP contribution in [-0.4, -0.2) is 18.4 Å². The monoisotopic (exact) mass is 274 g/mol. The fourth-order valence-corrected chi connectivity index (χ4v) is 2.13. The zero-order valence-corrected chi connectivity index (χ0v) is 11.9. The number of carbonyl (C=O) groups is 1. The Morgan fingerprint density at radius 2 is 2.25 bits per heavy atom. The van der Waals surface area contributed by atoms with Crippen LogP contribution in [0.1, 0.15) is 31.7 Å². The van der Waals surface area contributed by atoms with E-state index in [0.29, 0.717) is 12.5 Å². The van der Waals surface area contributed by atoms with Gasteiger partial charge in [0.1, 0.15) is 0 Å². The molecule has 0 spiro atoms. The molecule has 0 bridgehead atoms. The number of hydrogen-bond acceptors (Lipinski definition) is 2. The normalized spacial score (nSPS) is 15.6. The van der Waals surface area contributed by atoms with E-state index in [1.807, 2.05) is 24.3 Å². The van der Waals surface area contributed by atoms with Gasteiger partial charge in [-0.1, -0.05) is 18.6 Å². The maximum absolute atomic E-state index is 11.0. The van der Waals surface area contributed by atoms with Gasteiger partial charge >= 0.3 is 0 Å². The Morgan fingerprint density at radius 1 is 1.45 bits per heavy atom. The summed E-state index contributed by atoms with van der Waals surface area (Å²) in [7, 11) is 0. The minimum atomic E-state index is -0.0765. The molecule has 1 amide bonds. The molecule has 5 heteroatoms. The molecular formula is C15H22N4O. The summed E-state index contributed by atoms with van der Waals surface area (Å²) in [6.07, 6.45) is 3.91. The molecule has 5 nitrogen and oxygen atoms in total. The topological polar surface area (TPSA) is 79.5 Å². The molecule has 0 atom stereocenters. The van der Waals surface area contributed by atoms with Gasteiger partial charge in [0.05, 0.1) is 6.54 Å². The predicted molar refractivity (Wildman–Crippen MR) is 81.4 cm³/mol. The number of rotatable bonds is 5. The minimum absolute atomic E-state index is 0.0765. The lowest BCUT2D eigenvalue weighted by Crippen LogP contribution is -2.37. The van der Waals surface area contributed by atoms with Gasteiger partial charge in [0.15, 0.2) is 5.96 Å². The van der Waals surface area contributed by atoms with Crippen LogP contribution in [0.25, 0.3) is 0 Å². The quantitative estimate of drug-likeness (QED) is 0.566. The number of amides is 1. The van der Waals surface area contributed by atoms with Crippen LogP contribution in [0.15, 0.2) is 29.3 Å². The van der Waals surface area contributed by atoms with Gasteiger partial charge in [-0.15, -0.1) is 0 Å². The van der Waals surface area contributed by atoms with E-state index in [1.54, 1.807) is 0 Å². The molecule has 0 aliphatic heterocycles. The van der Waals surface area contributed by atoms with Crippen molar-refractivity contribution >= 4 is 17.6 Å². The van der Waals surface area contributed by atoms with E-state index in [2.05, 4.69) is 15.6 Å². The van der Waals surface area contributed by atoms with Crippen molar-refractivity contribution in [3.05, 3.63) is 29.8 Å². The highest BCUT2D eigenvalue weighted by Crippen LogP contribution is 2.24. The van der Waals surface area contributed by atoms with Crippen molar-refractivity contribution in [3.8, 4) is 0 Å². The number of nitrogens with zero attached hydrogens (tertiary/aromatic N) is 1. The first-order chi connectivity index (χ1) is 9.63. The second-order valence-corrected chi connectivity index (χ2v) is 5.26. The van der Waals surface area contributed by atoms with Crippen LogP contribution in [0.5, 0.6) is 0 Å². The first kappa shape index (κ1) is 14.4. The van der Waals surface area contributed by atoms with Gasteiger partial charge in [0.2, 0.25) is 5.91 Å². The molecule has 4 N–H and O–H groups in total. The van der Waals surface area contributed by atoms with E-state index in [4.69, 9.17) is 5.73 Å². The fourth-order valence-electron chi connectivity index (χ4n) is 2.13. The number of nitrogens with one attached hydrogen (secondary N) is 2. The average Bonchev–Trinajstić information content (AvgIpc) is 2.34. The van der Waals surface area contributed by atoms with E-state index < -0.39 is 0 Å². The van der Waals surface area contributed by atoms with Gasteiger partial charge in [-0.3, -0.25) is 4.79 Å². The molecule has 1 fully saturated rings. The van der Waals surface area contributed by atoms with Crippen molar-refractivity contribution < 1.29 is 4.79 Å². The van der Waals surface area contributed by atoms with Crippen molar-refractivity contribution in [1.82, 2.24) is 5.32 Å². The number of guanidine groups is 1. The Balaban J connectivity index is 1.83. The minimum Gasteiger partial charge on any atom is -0.370 e. The Morgan fingerprint density at radius 3 is 2.90 bits per heavy atom. The highest BCUT2D eigenvalue weighted by atomic mass is 16.1. The third-order valence-electron chi connectivity index (χ3n) is 3.48. The fraction of sp³-hybridized carbons (Fsp3) is 0.467. The molecule has 20 heavy (non-hydrogen) atoms. The van der Waals surface area contributed by atoms with Crippen LogP contribution in [0, 0.1) is 5.92 Å². The van der Waals surface area contributed by atoms with E-state index >= 15 is 0 Å². The molecule has 1 aromatic carbocycles. The number of hydrogen-bond donors (Lipinski definition) is 3. The smallest absolute Gasteiger partial charge is 0.221 e. The molecule has 0 heterocycles. The number of anilines is 1. The number of nitrogens with two attached hydrogens (primary N) is 1. The van der Waals surface area contributed by atoms with Crippen molar-refractivity contribution in [3.63, 3.8) is 0 Å². The Kier molecular flexibility index (Phi) is 4.98. The van der Waals surface area contributed by atoms with Crippen LogP contribution < -0.4 is 16.4 Å². The standard InChI is InChI=1S/C15H22N4O/c1-11(20)19-14-7-3-6-13(8-14)10-18-15(16)17-9-12-4-2-5-12/h3,6-8,12H,2,4-5,9-10H2,1H3,(H,19,20)(H3,16,17,18). The number of aliphatic imine (C=N–C) groups is 1. The maximum Gasteiger partial charge on any atom is 0.221 e. The number of benzene rings is 1. The van der Waals surface area contributed by atoms with E-state index in [1.165, 1.54) is 26.2 Å². The first-order valence-electron chi connectivity index (χ1n) is 7.04. The van der Waals surface area contributed by atoms with E-state index in [9.17, 15) is 4.79 Å². The molecule has 0 radical (unpaired) electrons. The Labute approximate surface area is 119 Å². The molecule has 1 saturated carbocycles. The van der Waals surface area contributed by atoms with Crippen molar-refractivity contribution in [2.45, 2.75) is 32.7 Å². The van der Waals surface area contributed by atoms with Gasteiger partial charge in [0.25, 0.3) is 0 Å². The Hall–Kier alpha value is -2.04. The lowest BCUT2D eigenvalue weighted by Gasteiger charge is -2.25. The second-order valence-electron chi connectivity index (χ2n) is 5.26. The van der Waals surface area contributed by atoms with Crippen molar-refractivity contribution in [2.75, 3.05) is 11.9 Å². The van der Waals surface area contributed by atoms with Gasteiger partial charge in [-0.25, -0.2) is 4.99 Å². The molecule has 1 aliphatic carbocycles. The predicted octanol–water partition coefficient (Wildman–Crippen LogP) is 1.85. The van der Waals surface area contributed by atoms with E-state index in [-0.39, 0.29) is 5.91 Å². The number of carbonyl (C=O) groups excluding carboxylic acids is 1. The van der Waals surface area contributed by atoms with Gasteiger partial charge in [-0.2, -0.15) is 0 Å². The van der Waals surface area contributed by atoms with Crippen molar-refractivity contribution in [2.24, 2.45) is 16.6 Å². The third kappa shape index (κ3) is 4.57. The van der Waals surface area contributed by atoms with Crippen molar-refractivity contribution in [1.29, 1.82) is 0 Å².